The van der Waals surface area contributed by atoms with Crippen molar-refractivity contribution < 1.29 is 0 Å². The maximum absolute atomic E-state index is 5.78. The van der Waals surface area contributed by atoms with Gasteiger partial charge in [0.05, 0.1) is 11.4 Å². The van der Waals surface area contributed by atoms with Crippen molar-refractivity contribution in [2.24, 2.45) is 5.73 Å². The highest BCUT2D eigenvalue weighted by Gasteiger charge is 2.23. The molecular weight excluding hydrogens is 250 g/mol. The fourth-order valence-electron chi connectivity index (χ4n) is 3.03. The van der Waals surface area contributed by atoms with Gasteiger partial charge in [-0.15, -0.1) is 5.10 Å². The van der Waals surface area contributed by atoms with E-state index in [1.165, 1.54) is 32.1 Å². The summed E-state index contributed by atoms with van der Waals surface area (Å²) in [5.74, 6) is 0.774. The van der Waals surface area contributed by atoms with Crippen LogP contribution in [0.4, 0.5) is 5.95 Å². The maximum Gasteiger partial charge on any atom is 0.245 e. The van der Waals surface area contributed by atoms with Crippen molar-refractivity contribution in [3.05, 3.63) is 11.4 Å². The summed E-state index contributed by atoms with van der Waals surface area (Å²) in [5, 5.41) is 8.73. The Kier molecular flexibility index (Phi) is 5.71. The Hall–Kier alpha value is -1.23. The third-order valence-corrected chi connectivity index (χ3v) is 4.14. The molecular formula is C15H27N5. The van der Waals surface area contributed by atoms with E-state index in [1.54, 1.807) is 0 Å². The van der Waals surface area contributed by atoms with Gasteiger partial charge in [-0.3, -0.25) is 0 Å². The van der Waals surface area contributed by atoms with Crippen LogP contribution in [0.5, 0.6) is 0 Å². The van der Waals surface area contributed by atoms with Crippen molar-refractivity contribution in [2.75, 3.05) is 18.0 Å². The number of aromatic nitrogens is 3. The average molecular weight is 277 g/mol. The quantitative estimate of drug-likeness (QED) is 0.862. The molecule has 1 heterocycles. The van der Waals surface area contributed by atoms with E-state index in [1.807, 2.05) is 0 Å². The SMILES string of the molecule is CCc1nnc(N(CCN)C2CCCCC2)nc1CC. The van der Waals surface area contributed by atoms with Crippen LogP contribution in [-0.2, 0) is 12.8 Å². The summed E-state index contributed by atoms with van der Waals surface area (Å²) < 4.78 is 0. The minimum absolute atomic E-state index is 0.534. The monoisotopic (exact) mass is 277 g/mol. The molecule has 0 bridgehead atoms. The molecule has 0 unspecified atom stereocenters. The van der Waals surface area contributed by atoms with Crippen molar-refractivity contribution in [3.63, 3.8) is 0 Å². The molecule has 20 heavy (non-hydrogen) atoms. The number of nitrogens with zero attached hydrogens (tertiary/aromatic N) is 4. The van der Waals surface area contributed by atoms with Gasteiger partial charge in [0.2, 0.25) is 5.95 Å². The zero-order valence-electron chi connectivity index (χ0n) is 12.8. The molecule has 2 rings (SSSR count). The van der Waals surface area contributed by atoms with E-state index in [9.17, 15) is 0 Å². The summed E-state index contributed by atoms with van der Waals surface area (Å²) in [6.45, 7) is 5.68. The molecule has 0 aliphatic heterocycles. The van der Waals surface area contributed by atoms with E-state index in [0.717, 1.165) is 36.7 Å². The molecule has 0 aromatic carbocycles. The van der Waals surface area contributed by atoms with Crippen LogP contribution < -0.4 is 10.6 Å². The first-order valence-electron chi connectivity index (χ1n) is 7.99. The topological polar surface area (TPSA) is 67.9 Å². The predicted octanol–water partition coefficient (Wildman–Crippen LogP) is 2.09. The van der Waals surface area contributed by atoms with Gasteiger partial charge in [-0.25, -0.2) is 4.98 Å². The molecule has 0 radical (unpaired) electrons. The fraction of sp³-hybridized carbons (Fsp3) is 0.800. The Morgan fingerprint density at radius 1 is 1.05 bits per heavy atom. The molecule has 1 aromatic heterocycles. The number of aryl methyl sites for hydroxylation is 2. The lowest BCUT2D eigenvalue weighted by molar-refractivity contribution is 0.410. The number of nitrogens with two attached hydrogens (primary N) is 1. The molecule has 1 aromatic rings. The zero-order valence-corrected chi connectivity index (χ0v) is 12.8. The van der Waals surface area contributed by atoms with E-state index < -0.39 is 0 Å². The number of anilines is 1. The van der Waals surface area contributed by atoms with Gasteiger partial charge in [-0.05, 0) is 25.7 Å². The summed E-state index contributed by atoms with van der Waals surface area (Å²) in [4.78, 5) is 7.04. The lowest BCUT2D eigenvalue weighted by Crippen LogP contribution is -2.41. The van der Waals surface area contributed by atoms with E-state index in [0.29, 0.717) is 12.6 Å². The Bertz CT molecular complexity index is 415. The molecule has 1 aliphatic rings. The van der Waals surface area contributed by atoms with E-state index in [2.05, 4.69) is 28.9 Å². The first kappa shape index (κ1) is 15.2. The van der Waals surface area contributed by atoms with Crippen molar-refractivity contribution in [1.29, 1.82) is 0 Å². The van der Waals surface area contributed by atoms with Gasteiger partial charge in [-0.1, -0.05) is 33.1 Å². The van der Waals surface area contributed by atoms with Gasteiger partial charge >= 0.3 is 0 Å². The standard InChI is InChI=1S/C15H27N5/c1-3-13-14(4-2)18-19-15(17-13)20(11-10-16)12-8-6-5-7-9-12/h12H,3-11,16H2,1-2H3. The maximum atomic E-state index is 5.78. The Balaban J connectivity index is 2.23. The van der Waals surface area contributed by atoms with Gasteiger partial charge in [0, 0.05) is 19.1 Å². The summed E-state index contributed by atoms with van der Waals surface area (Å²) in [5.41, 5.74) is 7.88. The summed E-state index contributed by atoms with van der Waals surface area (Å²) in [6.07, 6.45) is 8.19. The molecule has 2 N–H and O–H groups in total. The van der Waals surface area contributed by atoms with Crippen LogP contribution in [0.25, 0.3) is 0 Å². The average Bonchev–Trinajstić information content (AvgIpc) is 2.52. The number of hydrogen-bond donors (Lipinski definition) is 1. The van der Waals surface area contributed by atoms with Crippen LogP contribution in [0, 0.1) is 0 Å². The molecule has 0 amide bonds. The molecule has 0 atom stereocenters. The van der Waals surface area contributed by atoms with E-state index in [-0.39, 0.29) is 0 Å². The second-order valence-electron chi connectivity index (χ2n) is 5.49. The number of rotatable bonds is 6. The van der Waals surface area contributed by atoms with Crippen LogP contribution in [0.1, 0.15) is 57.3 Å². The molecule has 1 fully saturated rings. The molecule has 0 spiro atoms. The fourth-order valence-corrected chi connectivity index (χ4v) is 3.03. The van der Waals surface area contributed by atoms with Gasteiger partial charge in [-0.2, -0.15) is 5.10 Å². The van der Waals surface area contributed by atoms with Crippen LogP contribution in [0.2, 0.25) is 0 Å². The molecule has 1 saturated carbocycles. The summed E-state index contributed by atoms with van der Waals surface area (Å²) >= 11 is 0. The predicted molar refractivity (Wildman–Crippen MR) is 81.9 cm³/mol. The molecule has 5 heteroatoms. The van der Waals surface area contributed by atoms with Gasteiger partial charge in [0.15, 0.2) is 0 Å². The lowest BCUT2D eigenvalue weighted by atomic mass is 9.94. The van der Waals surface area contributed by atoms with Crippen molar-refractivity contribution in [1.82, 2.24) is 15.2 Å². The molecule has 112 valence electrons. The minimum atomic E-state index is 0.534. The first-order chi connectivity index (χ1) is 9.80. The first-order valence-corrected chi connectivity index (χ1v) is 7.99. The van der Waals surface area contributed by atoms with Gasteiger partial charge in [0.1, 0.15) is 0 Å². The normalized spacial score (nSPS) is 16.4. The molecule has 5 nitrogen and oxygen atoms in total. The highest BCUT2D eigenvalue weighted by Crippen LogP contribution is 2.25. The second-order valence-corrected chi connectivity index (χ2v) is 5.49. The third kappa shape index (κ3) is 3.45. The molecule has 0 saturated heterocycles. The van der Waals surface area contributed by atoms with Crippen molar-refractivity contribution in [2.45, 2.75) is 64.8 Å². The number of hydrogen-bond acceptors (Lipinski definition) is 5. The van der Waals surface area contributed by atoms with E-state index >= 15 is 0 Å². The minimum Gasteiger partial charge on any atom is -0.335 e. The van der Waals surface area contributed by atoms with Gasteiger partial charge in [0.25, 0.3) is 0 Å². The van der Waals surface area contributed by atoms with Crippen LogP contribution in [-0.4, -0.2) is 34.3 Å². The third-order valence-electron chi connectivity index (χ3n) is 4.14. The highest BCUT2D eigenvalue weighted by molar-refractivity contribution is 5.32. The zero-order chi connectivity index (χ0) is 14.4. The van der Waals surface area contributed by atoms with Crippen LogP contribution >= 0.6 is 0 Å². The lowest BCUT2D eigenvalue weighted by Gasteiger charge is -2.34. The molecule has 1 aliphatic carbocycles. The Labute approximate surface area is 122 Å². The highest BCUT2D eigenvalue weighted by atomic mass is 15.3. The van der Waals surface area contributed by atoms with Crippen LogP contribution in [0.3, 0.4) is 0 Å². The summed E-state index contributed by atoms with van der Waals surface area (Å²) in [7, 11) is 0. The Morgan fingerprint density at radius 2 is 1.75 bits per heavy atom. The van der Waals surface area contributed by atoms with Gasteiger partial charge < -0.3 is 10.6 Å². The summed E-state index contributed by atoms with van der Waals surface area (Å²) in [6, 6.07) is 0.534. The van der Waals surface area contributed by atoms with Crippen LogP contribution in [0.15, 0.2) is 0 Å². The largest absolute Gasteiger partial charge is 0.335 e. The van der Waals surface area contributed by atoms with Crippen molar-refractivity contribution >= 4 is 5.95 Å². The van der Waals surface area contributed by atoms with E-state index in [4.69, 9.17) is 10.7 Å². The van der Waals surface area contributed by atoms with Crippen molar-refractivity contribution in [3.8, 4) is 0 Å². The Morgan fingerprint density at radius 3 is 2.35 bits per heavy atom. The smallest absolute Gasteiger partial charge is 0.245 e. The second kappa shape index (κ2) is 7.53.